The molecule has 1 aromatic heterocycles. The number of ether oxygens (including phenoxy) is 2. The number of anilines is 1. The minimum Gasteiger partial charge on any atom is -0.465 e. The third kappa shape index (κ3) is 4.57. The molecule has 8 heteroatoms. The number of carbonyl (C=O) groups is 2. The summed E-state index contributed by atoms with van der Waals surface area (Å²) in [6.45, 7) is 14.6. The Balaban J connectivity index is 1.99. The summed E-state index contributed by atoms with van der Waals surface area (Å²) in [5, 5.41) is 0. The number of esters is 1. The van der Waals surface area contributed by atoms with E-state index in [9.17, 15) is 9.59 Å². The Bertz CT molecular complexity index is 1000. The molecule has 1 saturated heterocycles. The van der Waals surface area contributed by atoms with Crippen molar-refractivity contribution in [2.45, 2.75) is 66.2 Å². The summed E-state index contributed by atoms with van der Waals surface area (Å²) in [5.74, 6) is -0.439. The van der Waals surface area contributed by atoms with E-state index in [1.807, 2.05) is 54.5 Å². The summed E-state index contributed by atoms with van der Waals surface area (Å²) in [7, 11) is 1.36. The van der Waals surface area contributed by atoms with Crippen molar-refractivity contribution in [2.24, 2.45) is 0 Å². The molecular formula is C23H32N4O4. The van der Waals surface area contributed by atoms with Crippen LogP contribution in [0.4, 0.5) is 10.5 Å². The van der Waals surface area contributed by atoms with E-state index in [-0.39, 0.29) is 18.2 Å². The molecule has 0 saturated carbocycles. The lowest BCUT2D eigenvalue weighted by atomic mass is 10.1. The first-order chi connectivity index (χ1) is 14.4. The highest BCUT2D eigenvalue weighted by molar-refractivity contribution is 6.05. The van der Waals surface area contributed by atoms with Gasteiger partial charge in [-0.3, -0.25) is 4.90 Å². The maximum atomic E-state index is 12.7. The number of methoxy groups -OCH3 is 1. The quantitative estimate of drug-likeness (QED) is 0.671. The highest BCUT2D eigenvalue weighted by atomic mass is 16.6. The number of nitrogens with zero attached hydrogens (tertiary/aromatic N) is 4. The van der Waals surface area contributed by atoms with Gasteiger partial charge in [0.15, 0.2) is 0 Å². The van der Waals surface area contributed by atoms with Gasteiger partial charge in [-0.05, 0) is 60.6 Å². The second-order valence-corrected chi connectivity index (χ2v) is 9.21. The average Bonchev–Trinajstić information content (AvgIpc) is 2.65. The SMILES string of the molecule is COC(=O)c1ccc(N2C[C@@H](C)N(C(=O)OC(C)(C)C)[C@@H](C)C2)c2nc(C)c(C)nc12. The van der Waals surface area contributed by atoms with Gasteiger partial charge >= 0.3 is 12.1 Å². The Morgan fingerprint density at radius 3 is 2.06 bits per heavy atom. The summed E-state index contributed by atoms with van der Waals surface area (Å²) < 4.78 is 10.5. The number of aromatic nitrogens is 2. The fourth-order valence-electron chi connectivity index (χ4n) is 4.01. The predicted octanol–water partition coefficient (Wildman–Crippen LogP) is 3.87. The highest BCUT2D eigenvalue weighted by Crippen LogP contribution is 2.31. The molecule has 1 aromatic carbocycles. The number of rotatable bonds is 2. The van der Waals surface area contributed by atoms with E-state index < -0.39 is 11.6 Å². The molecule has 168 valence electrons. The smallest absolute Gasteiger partial charge is 0.410 e. The molecule has 1 aliphatic rings. The highest BCUT2D eigenvalue weighted by Gasteiger charge is 2.36. The van der Waals surface area contributed by atoms with Gasteiger partial charge in [0.25, 0.3) is 0 Å². The van der Waals surface area contributed by atoms with Gasteiger partial charge in [-0.1, -0.05) is 0 Å². The molecule has 1 aliphatic heterocycles. The number of hydrogen-bond donors (Lipinski definition) is 0. The monoisotopic (exact) mass is 428 g/mol. The van der Waals surface area contributed by atoms with Crippen LogP contribution in [0.5, 0.6) is 0 Å². The molecule has 2 atom stereocenters. The first kappa shape index (κ1) is 22.8. The lowest BCUT2D eigenvalue weighted by Crippen LogP contribution is -2.59. The summed E-state index contributed by atoms with van der Waals surface area (Å²) in [5.41, 5.74) is 3.51. The maximum Gasteiger partial charge on any atom is 0.410 e. The van der Waals surface area contributed by atoms with Crippen molar-refractivity contribution in [2.75, 3.05) is 25.1 Å². The van der Waals surface area contributed by atoms with Crippen LogP contribution in [0.2, 0.25) is 0 Å². The van der Waals surface area contributed by atoms with E-state index >= 15 is 0 Å². The van der Waals surface area contributed by atoms with Crippen molar-refractivity contribution in [3.05, 3.63) is 29.1 Å². The van der Waals surface area contributed by atoms with Crippen LogP contribution in [0.25, 0.3) is 11.0 Å². The van der Waals surface area contributed by atoms with Crippen LogP contribution >= 0.6 is 0 Å². The molecule has 2 heterocycles. The van der Waals surface area contributed by atoms with Crippen molar-refractivity contribution in [3.8, 4) is 0 Å². The van der Waals surface area contributed by atoms with Crippen LogP contribution in [-0.4, -0.2) is 64.8 Å². The van der Waals surface area contributed by atoms with Gasteiger partial charge in [-0.15, -0.1) is 0 Å². The Morgan fingerprint density at radius 1 is 1.00 bits per heavy atom. The van der Waals surface area contributed by atoms with Crippen molar-refractivity contribution >= 4 is 28.8 Å². The van der Waals surface area contributed by atoms with Gasteiger partial charge in [0.1, 0.15) is 16.6 Å². The van der Waals surface area contributed by atoms with Gasteiger partial charge in [-0.25, -0.2) is 19.6 Å². The van der Waals surface area contributed by atoms with E-state index in [2.05, 4.69) is 9.88 Å². The molecule has 0 spiro atoms. The normalized spacial score (nSPS) is 19.5. The summed E-state index contributed by atoms with van der Waals surface area (Å²) in [6.07, 6.45) is -0.302. The number of aryl methyl sites for hydroxylation is 2. The lowest BCUT2D eigenvalue weighted by Gasteiger charge is -2.45. The van der Waals surface area contributed by atoms with Crippen molar-refractivity contribution in [1.82, 2.24) is 14.9 Å². The fraction of sp³-hybridized carbons (Fsp3) is 0.565. The Morgan fingerprint density at radius 2 is 1.55 bits per heavy atom. The minimum absolute atomic E-state index is 0.0616. The van der Waals surface area contributed by atoms with Gasteiger partial charge in [0.2, 0.25) is 0 Å². The minimum atomic E-state index is -0.543. The van der Waals surface area contributed by atoms with E-state index in [1.165, 1.54) is 7.11 Å². The summed E-state index contributed by atoms with van der Waals surface area (Å²) >= 11 is 0. The maximum absolute atomic E-state index is 12.7. The standard InChI is InChI=1S/C23H32N4O4/c1-13-11-26(12-14(2)27(13)22(29)31-23(5,6)7)18-10-9-17(21(28)30-8)19-20(18)25-16(4)15(3)24-19/h9-10,13-14H,11-12H2,1-8H3/t13-,14+. The molecule has 8 nitrogen and oxygen atoms in total. The van der Waals surface area contributed by atoms with Gasteiger partial charge in [0.05, 0.1) is 41.8 Å². The van der Waals surface area contributed by atoms with E-state index in [0.717, 1.165) is 17.1 Å². The number of fused-ring (bicyclic) bond motifs is 1. The zero-order valence-corrected chi connectivity index (χ0v) is 19.6. The van der Waals surface area contributed by atoms with Gasteiger partial charge < -0.3 is 14.4 Å². The number of piperazine rings is 1. The van der Waals surface area contributed by atoms with Crippen molar-refractivity contribution < 1.29 is 19.1 Å². The van der Waals surface area contributed by atoms with Crippen LogP contribution in [0.1, 0.15) is 56.4 Å². The van der Waals surface area contributed by atoms with Crippen LogP contribution < -0.4 is 4.90 Å². The first-order valence-corrected chi connectivity index (χ1v) is 10.6. The zero-order valence-electron chi connectivity index (χ0n) is 19.6. The number of benzene rings is 1. The Hall–Kier alpha value is -2.90. The molecule has 2 aromatic rings. The molecule has 0 bridgehead atoms. The topological polar surface area (TPSA) is 84.9 Å². The van der Waals surface area contributed by atoms with Crippen molar-refractivity contribution in [1.29, 1.82) is 0 Å². The first-order valence-electron chi connectivity index (χ1n) is 10.6. The summed E-state index contributed by atoms with van der Waals surface area (Å²) in [4.78, 5) is 38.4. The Kier molecular flexibility index (Phi) is 6.11. The molecule has 0 aliphatic carbocycles. The average molecular weight is 429 g/mol. The van der Waals surface area contributed by atoms with E-state index in [1.54, 1.807) is 11.0 Å². The Labute approximate surface area is 183 Å². The van der Waals surface area contributed by atoms with E-state index in [4.69, 9.17) is 14.5 Å². The lowest BCUT2D eigenvalue weighted by molar-refractivity contribution is 0.00566. The second-order valence-electron chi connectivity index (χ2n) is 9.21. The van der Waals surface area contributed by atoms with Crippen LogP contribution in [-0.2, 0) is 9.47 Å². The molecule has 1 amide bonds. The van der Waals surface area contributed by atoms with Crippen LogP contribution in [0.3, 0.4) is 0 Å². The fourth-order valence-corrected chi connectivity index (χ4v) is 4.01. The summed E-state index contributed by atoms with van der Waals surface area (Å²) in [6, 6.07) is 3.50. The predicted molar refractivity (Wildman–Crippen MR) is 120 cm³/mol. The molecule has 0 N–H and O–H groups in total. The van der Waals surface area contributed by atoms with Gasteiger partial charge in [-0.2, -0.15) is 0 Å². The number of carbonyl (C=O) groups excluding carboxylic acids is 2. The van der Waals surface area contributed by atoms with E-state index in [0.29, 0.717) is 29.7 Å². The van der Waals surface area contributed by atoms with Crippen LogP contribution in [0, 0.1) is 13.8 Å². The number of amides is 1. The molecular weight excluding hydrogens is 396 g/mol. The third-order valence-electron chi connectivity index (χ3n) is 5.48. The molecule has 3 rings (SSSR count). The molecule has 31 heavy (non-hydrogen) atoms. The largest absolute Gasteiger partial charge is 0.465 e. The number of hydrogen-bond acceptors (Lipinski definition) is 7. The van der Waals surface area contributed by atoms with Crippen molar-refractivity contribution in [3.63, 3.8) is 0 Å². The van der Waals surface area contributed by atoms with Crippen LogP contribution in [0.15, 0.2) is 12.1 Å². The molecule has 1 fully saturated rings. The molecule has 0 unspecified atom stereocenters. The van der Waals surface area contributed by atoms with Gasteiger partial charge in [0, 0.05) is 13.1 Å². The molecule has 0 radical (unpaired) electrons. The second kappa shape index (κ2) is 8.32. The zero-order chi connectivity index (χ0) is 23.1. The third-order valence-corrected chi connectivity index (χ3v) is 5.48.